The zero-order valence-corrected chi connectivity index (χ0v) is 19.5. The summed E-state index contributed by atoms with van der Waals surface area (Å²) in [5.41, 5.74) is -0.538. The van der Waals surface area contributed by atoms with Gasteiger partial charge < -0.3 is 25.4 Å². The minimum absolute atomic E-state index is 0.0143. The number of aromatic hydroxyl groups is 1. The number of aldehydes is 1. The third-order valence-electron chi connectivity index (χ3n) is 4.81. The van der Waals surface area contributed by atoms with Gasteiger partial charge in [0.15, 0.2) is 0 Å². The SMILES string of the molecule is O=CC(CC(=O)O)NC(=O)C(CCCCNS(=O)(=O)c1ccc(O)c(C(=O)O)c1)c1cccs1. The van der Waals surface area contributed by atoms with Gasteiger partial charge in [0.25, 0.3) is 0 Å². The number of hydrogen-bond acceptors (Lipinski definition) is 8. The molecule has 0 bridgehead atoms. The number of phenols is 1. The number of aromatic carboxylic acids is 1. The second kappa shape index (κ2) is 12.3. The maximum absolute atomic E-state index is 12.7. The molecule has 0 aliphatic rings. The molecule has 0 aliphatic carbocycles. The Hall–Kier alpha value is -3.29. The average Bonchev–Trinajstić information content (AvgIpc) is 3.29. The molecule has 0 saturated carbocycles. The third kappa shape index (κ3) is 7.64. The van der Waals surface area contributed by atoms with Crippen molar-refractivity contribution >= 4 is 45.5 Å². The van der Waals surface area contributed by atoms with Crippen LogP contribution in [0.3, 0.4) is 0 Å². The lowest BCUT2D eigenvalue weighted by molar-refractivity contribution is -0.138. The molecule has 0 saturated heterocycles. The van der Waals surface area contributed by atoms with Gasteiger partial charge in [-0.15, -0.1) is 11.3 Å². The molecule has 0 fully saturated rings. The number of carbonyl (C=O) groups excluding carboxylic acids is 2. The molecule has 1 amide bonds. The summed E-state index contributed by atoms with van der Waals surface area (Å²) in [4.78, 5) is 46.1. The van der Waals surface area contributed by atoms with Crippen LogP contribution in [0.5, 0.6) is 5.75 Å². The van der Waals surface area contributed by atoms with E-state index in [1.54, 1.807) is 17.5 Å². The minimum Gasteiger partial charge on any atom is -0.507 e. The van der Waals surface area contributed by atoms with Gasteiger partial charge in [0.1, 0.15) is 17.6 Å². The maximum Gasteiger partial charge on any atom is 0.339 e. The second-order valence-electron chi connectivity index (χ2n) is 7.29. The number of nitrogens with one attached hydrogen (secondary N) is 2. The van der Waals surface area contributed by atoms with Crippen LogP contribution in [0.25, 0.3) is 0 Å². The molecule has 1 heterocycles. The van der Waals surface area contributed by atoms with Crippen molar-refractivity contribution in [2.45, 2.75) is 42.5 Å². The standard InChI is InChI=1S/C21H24N2O9S2/c24-12-13(10-19(26)27)23-20(28)15(18-5-3-9-33-18)4-1-2-8-22-34(31,32)14-6-7-17(25)16(11-14)21(29)30/h3,5-7,9,11-13,15,22,25H,1-2,4,8,10H2,(H,23,28)(H,26,27)(H,29,30). The average molecular weight is 513 g/mol. The number of carbonyl (C=O) groups is 4. The molecule has 1 aromatic heterocycles. The first-order valence-corrected chi connectivity index (χ1v) is 12.5. The molecule has 2 rings (SSSR count). The van der Waals surface area contributed by atoms with Crippen LogP contribution in [-0.2, 0) is 24.4 Å². The highest BCUT2D eigenvalue weighted by Gasteiger charge is 2.25. The second-order valence-corrected chi connectivity index (χ2v) is 10.0. The summed E-state index contributed by atoms with van der Waals surface area (Å²) in [6.07, 6.45) is 0.944. The highest BCUT2D eigenvalue weighted by molar-refractivity contribution is 7.89. The quantitative estimate of drug-likeness (QED) is 0.185. The van der Waals surface area contributed by atoms with E-state index in [0.29, 0.717) is 25.5 Å². The predicted molar refractivity (Wildman–Crippen MR) is 121 cm³/mol. The van der Waals surface area contributed by atoms with Crippen molar-refractivity contribution in [2.75, 3.05) is 6.54 Å². The van der Waals surface area contributed by atoms with E-state index in [0.717, 1.165) is 23.1 Å². The Morgan fingerprint density at radius 3 is 2.44 bits per heavy atom. The number of carboxylic acids is 2. The molecule has 2 aromatic rings. The van der Waals surface area contributed by atoms with Gasteiger partial charge in [0, 0.05) is 11.4 Å². The highest BCUT2D eigenvalue weighted by atomic mass is 32.2. The van der Waals surface area contributed by atoms with Gasteiger partial charge in [-0.1, -0.05) is 12.5 Å². The molecule has 5 N–H and O–H groups in total. The van der Waals surface area contributed by atoms with Crippen LogP contribution in [0, 0.1) is 0 Å². The normalized spacial score (nSPS) is 13.1. The van der Waals surface area contributed by atoms with E-state index in [4.69, 9.17) is 10.2 Å². The van der Waals surface area contributed by atoms with Gasteiger partial charge in [-0.25, -0.2) is 17.9 Å². The van der Waals surface area contributed by atoms with Crippen molar-refractivity contribution in [3.63, 3.8) is 0 Å². The van der Waals surface area contributed by atoms with E-state index in [2.05, 4.69) is 10.0 Å². The molecule has 0 radical (unpaired) electrons. The van der Waals surface area contributed by atoms with E-state index in [1.807, 2.05) is 0 Å². The molecular weight excluding hydrogens is 488 g/mol. The van der Waals surface area contributed by atoms with Crippen LogP contribution in [0.1, 0.15) is 46.8 Å². The fourth-order valence-electron chi connectivity index (χ4n) is 3.11. The lowest BCUT2D eigenvalue weighted by Gasteiger charge is -2.18. The third-order valence-corrected chi connectivity index (χ3v) is 7.25. The topological polar surface area (TPSA) is 187 Å². The summed E-state index contributed by atoms with van der Waals surface area (Å²) >= 11 is 1.33. The first kappa shape index (κ1) is 27.0. The van der Waals surface area contributed by atoms with Gasteiger partial charge in [0.05, 0.1) is 23.3 Å². The summed E-state index contributed by atoms with van der Waals surface area (Å²) < 4.78 is 27.2. The summed E-state index contributed by atoms with van der Waals surface area (Å²) in [6, 6.07) is 5.28. The van der Waals surface area contributed by atoms with E-state index in [1.165, 1.54) is 11.3 Å². The smallest absolute Gasteiger partial charge is 0.339 e. The monoisotopic (exact) mass is 512 g/mol. The van der Waals surface area contributed by atoms with Crippen molar-refractivity contribution in [3.8, 4) is 5.75 Å². The minimum atomic E-state index is -4.02. The number of amides is 1. The Morgan fingerprint density at radius 1 is 1.12 bits per heavy atom. The molecule has 34 heavy (non-hydrogen) atoms. The van der Waals surface area contributed by atoms with E-state index >= 15 is 0 Å². The number of carboxylic acid groups (broad SMARTS) is 2. The first-order valence-electron chi connectivity index (χ1n) is 10.1. The van der Waals surface area contributed by atoms with E-state index in [-0.39, 0.29) is 11.4 Å². The molecule has 2 unspecified atom stereocenters. The zero-order valence-electron chi connectivity index (χ0n) is 17.8. The van der Waals surface area contributed by atoms with Crippen molar-refractivity contribution < 1.29 is 42.9 Å². The molecule has 13 heteroatoms. The summed E-state index contributed by atoms with van der Waals surface area (Å²) in [5, 5.41) is 31.6. The van der Waals surface area contributed by atoms with Gasteiger partial charge >= 0.3 is 11.9 Å². The number of unbranched alkanes of at least 4 members (excludes halogenated alkanes) is 1. The summed E-state index contributed by atoms with van der Waals surface area (Å²) in [6.45, 7) is 0.0143. The number of rotatable bonds is 14. The first-order chi connectivity index (χ1) is 16.0. The lowest BCUT2D eigenvalue weighted by atomic mass is 9.98. The van der Waals surface area contributed by atoms with Crippen LogP contribution >= 0.6 is 11.3 Å². The molecule has 11 nitrogen and oxygen atoms in total. The van der Waals surface area contributed by atoms with Gasteiger partial charge in [-0.3, -0.25) is 9.59 Å². The van der Waals surface area contributed by atoms with Crippen LogP contribution in [-0.4, -0.2) is 60.5 Å². The maximum atomic E-state index is 12.7. The Balaban J connectivity index is 1.95. The number of aliphatic carboxylic acids is 1. The van der Waals surface area contributed by atoms with E-state index in [9.17, 15) is 32.7 Å². The fourth-order valence-corrected chi connectivity index (χ4v) is 5.07. The molecule has 2 atom stereocenters. The summed E-state index contributed by atoms with van der Waals surface area (Å²) in [5.74, 6) is -4.37. The molecule has 184 valence electrons. The van der Waals surface area contributed by atoms with Crippen LogP contribution in [0.4, 0.5) is 0 Å². The number of sulfonamides is 1. The van der Waals surface area contributed by atoms with Crippen molar-refractivity contribution in [1.82, 2.24) is 10.0 Å². The zero-order chi connectivity index (χ0) is 25.3. The van der Waals surface area contributed by atoms with Crippen LogP contribution < -0.4 is 10.0 Å². The Bertz CT molecular complexity index is 1130. The molecule has 1 aromatic carbocycles. The molecular formula is C21H24N2O9S2. The fraction of sp³-hybridized carbons (Fsp3) is 0.333. The Labute approximate surface area is 199 Å². The van der Waals surface area contributed by atoms with Crippen molar-refractivity contribution in [2.24, 2.45) is 0 Å². The van der Waals surface area contributed by atoms with Crippen molar-refractivity contribution in [1.29, 1.82) is 0 Å². The van der Waals surface area contributed by atoms with Crippen LogP contribution in [0.15, 0.2) is 40.6 Å². The van der Waals surface area contributed by atoms with Gasteiger partial charge in [-0.2, -0.15) is 0 Å². The molecule has 0 spiro atoms. The number of thiophene rings is 1. The lowest BCUT2D eigenvalue weighted by Crippen LogP contribution is -2.40. The number of benzene rings is 1. The number of hydrogen-bond donors (Lipinski definition) is 5. The largest absolute Gasteiger partial charge is 0.507 e. The van der Waals surface area contributed by atoms with Crippen molar-refractivity contribution in [3.05, 3.63) is 46.2 Å². The molecule has 0 aliphatic heterocycles. The van der Waals surface area contributed by atoms with Gasteiger partial charge in [-0.05, 0) is 42.5 Å². The predicted octanol–water partition coefficient (Wildman–Crippen LogP) is 1.54. The summed E-state index contributed by atoms with van der Waals surface area (Å²) in [7, 11) is -4.02. The van der Waals surface area contributed by atoms with Gasteiger partial charge in [0.2, 0.25) is 15.9 Å². The van der Waals surface area contributed by atoms with E-state index < -0.39 is 57.6 Å². The Morgan fingerprint density at radius 2 is 1.85 bits per heavy atom. The van der Waals surface area contributed by atoms with Crippen LogP contribution in [0.2, 0.25) is 0 Å². The Kier molecular flexibility index (Phi) is 9.71. The highest BCUT2D eigenvalue weighted by Crippen LogP contribution is 2.27.